The van der Waals surface area contributed by atoms with E-state index in [-0.39, 0.29) is 17.6 Å². The van der Waals surface area contributed by atoms with Crippen LogP contribution in [0.1, 0.15) is 34.6 Å². The van der Waals surface area contributed by atoms with Crippen LogP contribution in [0.3, 0.4) is 0 Å². The molecule has 3 atom stereocenters. The Hall–Kier alpha value is -1.00. The Bertz CT molecular complexity index is 406. The van der Waals surface area contributed by atoms with E-state index >= 15 is 0 Å². The summed E-state index contributed by atoms with van der Waals surface area (Å²) >= 11 is 0. The van der Waals surface area contributed by atoms with E-state index in [1.165, 1.54) is 0 Å². The van der Waals surface area contributed by atoms with Crippen molar-refractivity contribution in [2.24, 2.45) is 11.5 Å². The first-order valence-corrected chi connectivity index (χ1v) is 6.23. The highest BCUT2D eigenvalue weighted by atomic mass is 15.2. The van der Waals surface area contributed by atoms with E-state index < -0.39 is 0 Å². The monoisotopic (exact) mass is 236 g/mol. The molecule has 2 aliphatic rings. The van der Waals surface area contributed by atoms with E-state index in [9.17, 15) is 0 Å². The highest BCUT2D eigenvalue weighted by molar-refractivity contribution is 5.47. The van der Waals surface area contributed by atoms with Gasteiger partial charge < -0.3 is 22.1 Å². The molecule has 6 N–H and O–H groups in total. The van der Waals surface area contributed by atoms with Crippen molar-refractivity contribution in [3.8, 4) is 0 Å². The van der Waals surface area contributed by atoms with Gasteiger partial charge in [0.1, 0.15) is 0 Å². The fraction of sp³-hybridized carbons (Fsp3) is 0.692. The smallest absolute Gasteiger partial charge is 0.0586 e. The average molecular weight is 236 g/mol. The number of fused-ring (bicyclic) bond motifs is 1. The summed E-state index contributed by atoms with van der Waals surface area (Å²) in [6, 6.07) is 0.175. The first kappa shape index (κ1) is 12.5. The molecule has 0 amide bonds. The third-order valence-electron chi connectivity index (χ3n) is 4.32. The van der Waals surface area contributed by atoms with Gasteiger partial charge in [0.15, 0.2) is 0 Å². The van der Waals surface area contributed by atoms with Crippen LogP contribution in [0.5, 0.6) is 0 Å². The lowest BCUT2D eigenvalue weighted by atomic mass is 9.82. The molecule has 0 saturated carbocycles. The summed E-state index contributed by atoms with van der Waals surface area (Å²) in [4.78, 5) is 0. The van der Waals surface area contributed by atoms with Gasteiger partial charge in [-0.05, 0) is 45.8 Å². The number of hydrogen-bond donors (Lipinski definition) is 4. The van der Waals surface area contributed by atoms with Gasteiger partial charge in [0, 0.05) is 18.1 Å². The van der Waals surface area contributed by atoms with Gasteiger partial charge in [-0.3, -0.25) is 0 Å². The van der Waals surface area contributed by atoms with E-state index in [1.54, 1.807) is 0 Å². The molecule has 96 valence electrons. The molecule has 4 nitrogen and oxygen atoms in total. The minimum atomic E-state index is -0.0905. The Morgan fingerprint density at radius 2 is 1.47 bits per heavy atom. The molecule has 1 heterocycles. The lowest BCUT2D eigenvalue weighted by molar-refractivity contribution is 0.295. The summed E-state index contributed by atoms with van der Waals surface area (Å²) in [6.45, 7) is 10.7. The molecule has 3 unspecified atom stereocenters. The largest absolute Gasteiger partial charge is 0.379 e. The summed E-state index contributed by atoms with van der Waals surface area (Å²) in [5.74, 6) is 0. The normalized spacial score (nSPS) is 36.3. The Balaban J connectivity index is 2.49. The maximum absolute atomic E-state index is 6.16. The van der Waals surface area contributed by atoms with Crippen molar-refractivity contribution < 1.29 is 0 Å². The predicted molar refractivity (Wildman–Crippen MR) is 71.2 cm³/mol. The standard InChI is InChI=1S/C13H24N4/c1-6-9(14)10(15)7(2)12-11(6)16-8(3)13(4,5)17-12/h8-10,16-17H,14-15H2,1-5H3. The Kier molecular flexibility index (Phi) is 2.75. The fourth-order valence-corrected chi connectivity index (χ4v) is 2.44. The minimum Gasteiger partial charge on any atom is -0.379 e. The van der Waals surface area contributed by atoms with Gasteiger partial charge in [0.05, 0.1) is 16.9 Å². The average Bonchev–Trinajstić information content (AvgIpc) is 2.26. The highest BCUT2D eigenvalue weighted by Crippen LogP contribution is 2.32. The van der Waals surface area contributed by atoms with Crippen LogP contribution in [-0.4, -0.2) is 23.7 Å². The molecular weight excluding hydrogens is 212 g/mol. The molecule has 0 aromatic rings. The Morgan fingerprint density at radius 3 is 2.00 bits per heavy atom. The molecule has 1 aliphatic carbocycles. The SMILES string of the molecule is CC1=C2NC(C)C(C)(C)NC2=C(C)C(N)C1N. The molecule has 1 fully saturated rings. The fourth-order valence-electron chi connectivity index (χ4n) is 2.44. The summed E-state index contributed by atoms with van der Waals surface area (Å²) in [5.41, 5.74) is 16.9. The van der Waals surface area contributed by atoms with Crippen molar-refractivity contribution in [1.82, 2.24) is 10.6 Å². The number of nitrogens with two attached hydrogens (primary N) is 2. The number of rotatable bonds is 0. The van der Waals surface area contributed by atoms with Gasteiger partial charge in [-0.25, -0.2) is 0 Å². The van der Waals surface area contributed by atoms with Crippen LogP contribution in [0.2, 0.25) is 0 Å². The molecule has 4 heteroatoms. The van der Waals surface area contributed by atoms with Crippen LogP contribution >= 0.6 is 0 Å². The van der Waals surface area contributed by atoms with Crippen molar-refractivity contribution in [3.63, 3.8) is 0 Å². The third-order valence-corrected chi connectivity index (χ3v) is 4.32. The van der Waals surface area contributed by atoms with E-state index in [1.807, 2.05) is 0 Å². The van der Waals surface area contributed by atoms with E-state index in [0.717, 1.165) is 22.5 Å². The van der Waals surface area contributed by atoms with Crippen LogP contribution in [0.4, 0.5) is 0 Å². The molecule has 0 aromatic carbocycles. The first-order chi connectivity index (χ1) is 7.75. The zero-order valence-electron chi connectivity index (χ0n) is 11.4. The van der Waals surface area contributed by atoms with Crippen molar-refractivity contribution in [2.75, 3.05) is 0 Å². The molecule has 1 saturated heterocycles. The second-order valence-electron chi connectivity index (χ2n) is 5.88. The van der Waals surface area contributed by atoms with E-state index in [2.05, 4.69) is 45.3 Å². The van der Waals surface area contributed by atoms with Crippen LogP contribution in [0.25, 0.3) is 0 Å². The van der Waals surface area contributed by atoms with Crippen molar-refractivity contribution in [1.29, 1.82) is 0 Å². The molecular formula is C13H24N4. The molecule has 1 aliphatic heterocycles. The van der Waals surface area contributed by atoms with Crippen LogP contribution in [0, 0.1) is 0 Å². The van der Waals surface area contributed by atoms with Gasteiger partial charge in [-0.2, -0.15) is 0 Å². The quantitative estimate of drug-likeness (QED) is 0.496. The minimum absolute atomic E-state index is 0.0154. The van der Waals surface area contributed by atoms with Crippen molar-refractivity contribution in [2.45, 2.75) is 58.3 Å². The maximum Gasteiger partial charge on any atom is 0.0586 e. The van der Waals surface area contributed by atoms with Crippen molar-refractivity contribution >= 4 is 0 Å². The molecule has 0 bridgehead atoms. The predicted octanol–water partition coefficient (Wildman–Crippen LogP) is 0.563. The van der Waals surface area contributed by atoms with Gasteiger partial charge in [0.2, 0.25) is 0 Å². The maximum atomic E-state index is 6.16. The number of piperazine rings is 1. The summed E-state index contributed by atoms with van der Waals surface area (Å²) in [7, 11) is 0. The topological polar surface area (TPSA) is 76.1 Å². The summed E-state index contributed by atoms with van der Waals surface area (Å²) in [6.07, 6.45) is 0. The number of hydrogen-bond acceptors (Lipinski definition) is 4. The highest BCUT2D eigenvalue weighted by Gasteiger charge is 2.38. The van der Waals surface area contributed by atoms with Crippen LogP contribution < -0.4 is 22.1 Å². The second-order valence-corrected chi connectivity index (χ2v) is 5.88. The molecule has 0 radical (unpaired) electrons. The second kappa shape index (κ2) is 3.75. The van der Waals surface area contributed by atoms with Gasteiger partial charge in [-0.1, -0.05) is 0 Å². The molecule has 17 heavy (non-hydrogen) atoms. The van der Waals surface area contributed by atoms with Crippen molar-refractivity contribution in [3.05, 3.63) is 22.5 Å². The number of nitrogens with one attached hydrogen (secondary N) is 2. The lowest BCUT2D eigenvalue weighted by Crippen LogP contribution is -2.62. The Morgan fingerprint density at radius 1 is 1.00 bits per heavy atom. The molecule has 2 rings (SSSR count). The van der Waals surface area contributed by atoms with E-state index in [0.29, 0.717) is 6.04 Å². The lowest BCUT2D eigenvalue weighted by Gasteiger charge is -2.46. The first-order valence-electron chi connectivity index (χ1n) is 6.23. The summed E-state index contributed by atoms with van der Waals surface area (Å²) < 4.78 is 0. The Labute approximate surface area is 104 Å². The van der Waals surface area contributed by atoms with Gasteiger partial charge >= 0.3 is 0 Å². The zero-order valence-corrected chi connectivity index (χ0v) is 11.4. The van der Waals surface area contributed by atoms with Crippen LogP contribution in [0.15, 0.2) is 22.5 Å². The molecule has 0 aromatic heterocycles. The zero-order chi connectivity index (χ0) is 13.0. The third kappa shape index (κ3) is 1.76. The van der Waals surface area contributed by atoms with Crippen LogP contribution in [-0.2, 0) is 0 Å². The van der Waals surface area contributed by atoms with Gasteiger partial charge in [0.25, 0.3) is 0 Å². The molecule has 0 spiro atoms. The summed E-state index contributed by atoms with van der Waals surface area (Å²) in [5, 5.41) is 7.16. The van der Waals surface area contributed by atoms with Gasteiger partial charge in [-0.15, -0.1) is 0 Å². The van der Waals surface area contributed by atoms with E-state index in [4.69, 9.17) is 11.5 Å².